The summed E-state index contributed by atoms with van der Waals surface area (Å²) in [7, 11) is 0. The molecule has 1 unspecified atom stereocenters. The molecular formula is C24H30FN3O2. The van der Waals surface area contributed by atoms with E-state index in [9.17, 15) is 9.59 Å². The number of rotatable bonds is 5. The van der Waals surface area contributed by atoms with Gasteiger partial charge in [0.25, 0.3) is 5.91 Å². The quantitative estimate of drug-likeness (QED) is 0.774. The Morgan fingerprint density at radius 1 is 1.10 bits per heavy atom. The first kappa shape index (κ1) is 21.8. The standard InChI is InChI=1S/C24H30FN3O2/c1-16(2)27-23(30)26-14-19-5-7-20(8-6-19)22(29)28-10-9-24(25,15-28)21-12-17(3)11-18(4)13-21/h5-8,11-13,16H,9-10,14-15H2,1-4H3,(H2,26,27,30). The van der Waals surface area contributed by atoms with Crippen LogP contribution in [0.4, 0.5) is 9.18 Å². The molecule has 0 aliphatic carbocycles. The summed E-state index contributed by atoms with van der Waals surface area (Å²) in [4.78, 5) is 26.1. The minimum absolute atomic E-state index is 0.0629. The second-order valence-electron chi connectivity index (χ2n) is 8.50. The molecule has 0 bridgehead atoms. The third-order valence-corrected chi connectivity index (χ3v) is 5.32. The van der Waals surface area contributed by atoms with Gasteiger partial charge in [0.15, 0.2) is 5.67 Å². The molecule has 2 N–H and O–H groups in total. The Hall–Kier alpha value is -2.89. The fourth-order valence-electron chi connectivity index (χ4n) is 3.86. The van der Waals surface area contributed by atoms with E-state index in [1.165, 1.54) is 0 Å². The molecule has 2 aromatic carbocycles. The highest BCUT2D eigenvalue weighted by atomic mass is 19.1. The predicted octanol–water partition coefficient (Wildman–Crippen LogP) is 4.22. The molecule has 1 heterocycles. The fraction of sp³-hybridized carbons (Fsp3) is 0.417. The highest BCUT2D eigenvalue weighted by molar-refractivity contribution is 5.94. The molecule has 3 rings (SSSR count). The van der Waals surface area contributed by atoms with Crippen LogP contribution in [0.5, 0.6) is 0 Å². The van der Waals surface area contributed by atoms with Crippen molar-refractivity contribution in [2.75, 3.05) is 13.1 Å². The number of benzene rings is 2. The molecule has 1 atom stereocenters. The number of amides is 3. The van der Waals surface area contributed by atoms with Gasteiger partial charge in [0.2, 0.25) is 0 Å². The topological polar surface area (TPSA) is 61.4 Å². The molecule has 0 spiro atoms. The zero-order valence-corrected chi connectivity index (χ0v) is 18.1. The van der Waals surface area contributed by atoms with Gasteiger partial charge < -0.3 is 15.5 Å². The van der Waals surface area contributed by atoms with Crippen LogP contribution in [-0.4, -0.2) is 36.0 Å². The molecule has 0 saturated carbocycles. The van der Waals surface area contributed by atoms with Gasteiger partial charge in [-0.2, -0.15) is 0 Å². The minimum Gasteiger partial charge on any atom is -0.336 e. The van der Waals surface area contributed by atoms with Gasteiger partial charge in [-0.15, -0.1) is 0 Å². The van der Waals surface area contributed by atoms with E-state index in [1.807, 2.05) is 58.0 Å². The molecule has 0 radical (unpaired) electrons. The van der Waals surface area contributed by atoms with Gasteiger partial charge >= 0.3 is 6.03 Å². The molecular weight excluding hydrogens is 381 g/mol. The maximum Gasteiger partial charge on any atom is 0.315 e. The number of alkyl halides is 1. The third kappa shape index (κ3) is 5.17. The van der Waals surface area contributed by atoms with E-state index in [0.717, 1.165) is 16.7 Å². The van der Waals surface area contributed by atoms with Gasteiger partial charge in [0, 0.05) is 31.1 Å². The maximum atomic E-state index is 15.6. The van der Waals surface area contributed by atoms with Crippen LogP contribution in [0, 0.1) is 13.8 Å². The SMILES string of the molecule is Cc1cc(C)cc(C2(F)CCN(C(=O)c3ccc(CNC(=O)NC(C)C)cc3)C2)c1. The molecule has 5 nitrogen and oxygen atoms in total. The van der Waals surface area contributed by atoms with E-state index in [0.29, 0.717) is 30.6 Å². The van der Waals surface area contributed by atoms with Crippen molar-refractivity contribution in [1.29, 1.82) is 0 Å². The summed E-state index contributed by atoms with van der Waals surface area (Å²) < 4.78 is 15.6. The first-order valence-electron chi connectivity index (χ1n) is 10.4. The van der Waals surface area contributed by atoms with Crippen LogP contribution in [0.1, 0.15) is 52.9 Å². The van der Waals surface area contributed by atoms with Crippen LogP contribution in [-0.2, 0) is 12.2 Å². The van der Waals surface area contributed by atoms with Crippen LogP contribution in [0.2, 0.25) is 0 Å². The average Bonchev–Trinajstić information content (AvgIpc) is 3.08. The molecule has 30 heavy (non-hydrogen) atoms. The lowest BCUT2D eigenvalue weighted by molar-refractivity contribution is 0.0750. The summed E-state index contributed by atoms with van der Waals surface area (Å²) >= 11 is 0. The van der Waals surface area contributed by atoms with Gasteiger partial charge in [-0.1, -0.05) is 41.5 Å². The second-order valence-corrected chi connectivity index (χ2v) is 8.50. The van der Waals surface area contributed by atoms with E-state index in [4.69, 9.17) is 0 Å². The number of carbonyl (C=O) groups excluding carboxylic acids is 2. The van der Waals surface area contributed by atoms with Crippen molar-refractivity contribution in [3.8, 4) is 0 Å². The number of halogens is 1. The molecule has 1 aliphatic rings. The summed E-state index contributed by atoms with van der Waals surface area (Å²) in [5.74, 6) is -0.170. The maximum absolute atomic E-state index is 15.6. The van der Waals surface area contributed by atoms with Gasteiger partial charge in [-0.3, -0.25) is 4.79 Å². The third-order valence-electron chi connectivity index (χ3n) is 5.32. The highest BCUT2D eigenvalue weighted by Gasteiger charge is 2.42. The average molecular weight is 412 g/mol. The number of aryl methyl sites for hydroxylation is 2. The molecule has 0 aromatic heterocycles. The lowest BCUT2D eigenvalue weighted by Crippen LogP contribution is -2.39. The van der Waals surface area contributed by atoms with E-state index < -0.39 is 5.67 Å². The predicted molar refractivity (Wildman–Crippen MR) is 116 cm³/mol. The molecule has 160 valence electrons. The van der Waals surface area contributed by atoms with Crippen molar-refractivity contribution < 1.29 is 14.0 Å². The monoisotopic (exact) mass is 411 g/mol. The van der Waals surface area contributed by atoms with Crippen molar-refractivity contribution in [3.63, 3.8) is 0 Å². The summed E-state index contributed by atoms with van der Waals surface area (Å²) in [6, 6.07) is 12.7. The second kappa shape index (κ2) is 8.86. The molecule has 6 heteroatoms. The highest BCUT2D eigenvalue weighted by Crippen LogP contribution is 2.37. The van der Waals surface area contributed by atoms with E-state index in [2.05, 4.69) is 10.6 Å². The van der Waals surface area contributed by atoms with E-state index in [-0.39, 0.29) is 24.5 Å². The Bertz CT molecular complexity index is 906. The Morgan fingerprint density at radius 2 is 1.73 bits per heavy atom. The minimum atomic E-state index is -1.51. The number of hydrogen-bond acceptors (Lipinski definition) is 2. The van der Waals surface area contributed by atoms with Crippen molar-refractivity contribution >= 4 is 11.9 Å². The van der Waals surface area contributed by atoms with Crippen LogP contribution < -0.4 is 10.6 Å². The van der Waals surface area contributed by atoms with Crippen LogP contribution >= 0.6 is 0 Å². The fourth-order valence-corrected chi connectivity index (χ4v) is 3.86. The van der Waals surface area contributed by atoms with Crippen LogP contribution in [0.25, 0.3) is 0 Å². The largest absolute Gasteiger partial charge is 0.336 e. The van der Waals surface area contributed by atoms with Crippen molar-refractivity contribution in [2.24, 2.45) is 0 Å². The molecule has 1 aliphatic heterocycles. The Labute approximate surface area is 177 Å². The van der Waals surface area contributed by atoms with Gasteiger partial charge in [0.1, 0.15) is 0 Å². The van der Waals surface area contributed by atoms with Crippen molar-refractivity contribution in [3.05, 3.63) is 70.3 Å². The van der Waals surface area contributed by atoms with E-state index in [1.54, 1.807) is 17.0 Å². The Morgan fingerprint density at radius 3 is 2.33 bits per heavy atom. The first-order valence-corrected chi connectivity index (χ1v) is 10.4. The van der Waals surface area contributed by atoms with Crippen molar-refractivity contribution in [1.82, 2.24) is 15.5 Å². The Balaban J connectivity index is 1.62. The molecule has 1 fully saturated rings. The van der Waals surface area contributed by atoms with Crippen LogP contribution in [0.15, 0.2) is 42.5 Å². The van der Waals surface area contributed by atoms with Gasteiger partial charge in [-0.05, 0) is 51.0 Å². The van der Waals surface area contributed by atoms with E-state index >= 15 is 4.39 Å². The lowest BCUT2D eigenvalue weighted by Gasteiger charge is -2.22. The number of carbonyl (C=O) groups is 2. The molecule has 3 amide bonds. The zero-order chi connectivity index (χ0) is 21.9. The summed E-state index contributed by atoms with van der Waals surface area (Å²) in [6.45, 7) is 8.53. The summed E-state index contributed by atoms with van der Waals surface area (Å²) in [5.41, 5.74) is 2.60. The molecule has 2 aromatic rings. The number of nitrogens with one attached hydrogen (secondary N) is 2. The molecule has 1 saturated heterocycles. The smallest absolute Gasteiger partial charge is 0.315 e. The van der Waals surface area contributed by atoms with Gasteiger partial charge in [-0.25, -0.2) is 9.18 Å². The first-order chi connectivity index (χ1) is 14.2. The number of hydrogen-bond donors (Lipinski definition) is 2. The number of nitrogens with zero attached hydrogens (tertiary/aromatic N) is 1. The van der Waals surface area contributed by atoms with Gasteiger partial charge in [0.05, 0.1) is 6.54 Å². The Kier molecular flexibility index (Phi) is 6.44. The number of urea groups is 1. The summed E-state index contributed by atoms with van der Waals surface area (Å²) in [6.07, 6.45) is 0.300. The normalized spacial score (nSPS) is 18.5. The lowest BCUT2D eigenvalue weighted by atomic mass is 9.92. The number of likely N-dealkylation sites (tertiary alicyclic amines) is 1. The zero-order valence-electron chi connectivity index (χ0n) is 18.1. The van der Waals surface area contributed by atoms with Crippen LogP contribution in [0.3, 0.4) is 0 Å². The van der Waals surface area contributed by atoms with Crippen molar-refractivity contribution in [2.45, 2.75) is 52.4 Å². The summed E-state index contributed by atoms with van der Waals surface area (Å²) in [5, 5.41) is 5.54.